The van der Waals surface area contributed by atoms with Gasteiger partial charge in [0, 0.05) is 0 Å². The summed E-state index contributed by atoms with van der Waals surface area (Å²) in [4.78, 5) is 11.1. The van der Waals surface area contributed by atoms with E-state index in [1.807, 2.05) is 0 Å². The van der Waals surface area contributed by atoms with Gasteiger partial charge in [0.05, 0.1) is 5.92 Å². The van der Waals surface area contributed by atoms with E-state index in [-0.39, 0.29) is 5.92 Å². The fourth-order valence-electron chi connectivity index (χ4n) is 3.66. The third-order valence-corrected chi connectivity index (χ3v) is 4.04. The Labute approximate surface area is 79.3 Å². The Hall–Kier alpha value is -0.530. The minimum absolute atomic E-state index is 0.0289. The highest BCUT2D eigenvalue weighted by molar-refractivity contribution is 5.71. The smallest absolute Gasteiger partial charge is 0.307 e. The lowest BCUT2D eigenvalue weighted by Gasteiger charge is -2.30. The Morgan fingerprint density at radius 2 is 1.92 bits per heavy atom. The number of hydrogen-bond acceptors (Lipinski definition) is 1. The second-order valence-corrected chi connectivity index (χ2v) is 5.02. The van der Waals surface area contributed by atoms with Crippen LogP contribution in [0.3, 0.4) is 0 Å². The minimum atomic E-state index is -0.550. The lowest BCUT2D eigenvalue weighted by atomic mass is 9.73. The van der Waals surface area contributed by atoms with E-state index in [0.29, 0.717) is 23.7 Å². The zero-order chi connectivity index (χ0) is 9.59. The lowest BCUT2D eigenvalue weighted by molar-refractivity contribution is -0.146. The molecule has 1 N–H and O–H groups in total. The third kappa shape index (κ3) is 1.27. The predicted molar refractivity (Wildman–Crippen MR) is 50.3 cm³/mol. The van der Waals surface area contributed by atoms with Crippen molar-refractivity contribution >= 4 is 5.97 Å². The normalized spacial score (nSPS) is 43.0. The molecule has 13 heavy (non-hydrogen) atoms. The van der Waals surface area contributed by atoms with E-state index in [2.05, 4.69) is 13.8 Å². The zero-order valence-electron chi connectivity index (χ0n) is 8.36. The van der Waals surface area contributed by atoms with Gasteiger partial charge in [-0.2, -0.15) is 0 Å². The largest absolute Gasteiger partial charge is 0.481 e. The van der Waals surface area contributed by atoms with Crippen LogP contribution in [0.4, 0.5) is 0 Å². The van der Waals surface area contributed by atoms with E-state index >= 15 is 0 Å². The molecule has 74 valence electrons. The van der Waals surface area contributed by atoms with Gasteiger partial charge < -0.3 is 5.11 Å². The number of hydrogen-bond donors (Lipinski definition) is 1. The highest BCUT2D eigenvalue weighted by atomic mass is 16.4. The molecule has 2 bridgehead atoms. The monoisotopic (exact) mass is 182 g/mol. The van der Waals surface area contributed by atoms with Gasteiger partial charge in [-0.05, 0) is 42.9 Å². The van der Waals surface area contributed by atoms with Gasteiger partial charge in [0.25, 0.3) is 0 Å². The number of rotatable bonds is 2. The van der Waals surface area contributed by atoms with Gasteiger partial charge in [-0.15, -0.1) is 0 Å². The Bertz CT molecular complexity index is 222. The Morgan fingerprint density at radius 3 is 2.38 bits per heavy atom. The van der Waals surface area contributed by atoms with Crippen molar-refractivity contribution in [1.82, 2.24) is 0 Å². The summed E-state index contributed by atoms with van der Waals surface area (Å²) in [6, 6.07) is 0. The van der Waals surface area contributed by atoms with E-state index < -0.39 is 5.97 Å². The molecule has 2 rings (SSSR count). The molecule has 4 atom stereocenters. The van der Waals surface area contributed by atoms with Crippen LogP contribution in [0.15, 0.2) is 0 Å². The molecule has 0 heterocycles. The molecule has 0 aliphatic heterocycles. The first kappa shape index (κ1) is 9.04. The summed E-state index contributed by atoms with van der Waals surface area (Å²) in [6.07, 6.45) is 3.61. The number of fused-ring (bicyclic) bond motifs is 2. The number of aliphatic carboxylic acids is 1. The Morgan fingerprint density at radius 1 is 1.31 bits per heavy atom. The fourth-order valence-corrected chi connectivity index (χ4v) is 3.66. The summed E-state index contributed by atoms with van der Waals surface area (Å²) in [6.45, 7) is 4.34. The topological polar surface area (TPSA) is 37.3 Å². The van der Waals surface area contributed by atoms with E-state index in [9.17, 15) is 4.79 Å². The quantitative estimate of drug-likeness (QED) is 0.712. The number of carboxylic acid groups (broad SMARTS) is 1. The fraction of sp³-hybridized carbons (Fsp3) is 0.909. The highest BCUT2D eigenvalue weighted by Crippen LogP contribution is 2.54. The van der Waals surface area contributed by atoms with Crippen LogP contribution in [0.1, 0.15) is 33.1 Å². The second-order valence-electron chi connectivity index (χ2n) is 5.02. The van der Waals surface area contributed by atoms with E-state index in [1.165, 1.54) is 12.8 Å². The molecule has 2 aliphatic carbocycles. The maximum Gasteiger partial charge on any atom is 0.307 e. The van der Waals surface area contributed by atoms with Crippen LogP contribution in [0.2, 0.25) is 0 Å². The van der Waals surface area contributed by atoms with Crippen molar-refractivity contribution in [1.29, 1.82) is 0 Å². The second kappa shape index (κ2) is 3.00. The number of carboxylic acids is 1. The van der Waals surface area contributed by atoms with Gasteiger partial charge >= 0.3 is 5.97 Å². The van der Waals surface area contributed by atoms with Gasteiger partial charge in [0.15, 0.2) is 0 Å². The molecule has 0 unspecified atom stereocenters. The standard InChI is InChI=1S/C11H18O2/c1-6(2)9-7-3-4-8(5-7)10(9)11(12)13/h6-10H,3-5H2,1-2H3,(H,12,13)/t7-,8+,9+,10-/m1/s1. The van der Waals surface area contributed by atoms with Crippen molar-refractivity contribution in [2.45, 2.75) is 33.1 Å². The first-order chi connectivity index (χ1) is 6.11. The molecule has 2 fully saturated rings. The molecule has 0 spiro atoms. The molecule has 0 radical (unpaired) electrons. The van der Waals surface area contributed by atoms with Crippen LogP contribution >= 0.6 is 0 Å². The van der Waals surface area contributed by atoms with Crippen molar-refractivity contribution in [3.05, 3.63) is 0 Å². The van der Waals surface area contributed by atoms with Crippen LogP contribution < -0.4 is 0 Å². The molecular formula is C11H18O2. The minimum Gasteiger partial charge on any atom is -0.481 e. The van der Waals surface area contributed by atoms with Gasteiger partial charge in [0.2, 0.25) is 0 Å². The van der Waals surface area contributed by atoms with Crippen molar-refractivity contribution in [2.24, 2.45) is 29.6 Å². The first-order valence-corrected chi connectivity index (χ1v) is 5.34. The Balaban J connectivity index is 2.20. The molecule has 2 saturated carbocycles. The third-order valence-electron chi connectivity index (χ3n) is 4.04. The van der Waals surface area contributed by atoms with Crippen molar-refractivity contribution in [2.75, 3.05) is 0 Å². The first-order valence-electron chi connectivity index (χ1n) is 5.34. The maximum atomic E-state index is 11.1. The van der Waals surface area contributed by atoms with Crippen molar-refractivity contribution in [3.8, 4) is 0 Å². The molecule has 2 nitrogen and oxygen atoms in total. The molecule has 2 heteroatoms. The summed E-state index contributed by atoms with van der Waals surface area (Å²) in [5.41, 5.74) is 0. The zero-order valence-corrected chi connectivity index (χ0v) is 8.36. The van der Waals surface area contributed by atoms with Gasteiger partial charge in [-0.3, -0.25) is 4.79 Å². The summed E-state index contributed by atoms with van der Waals surface area (Å²) < 4.78 is 0. The van der Waals surface area contributed by atoms with E-state index in [4.69, 9.17) is 5.11 Å². The molecular weight excluding hydrogens is 164 g/mol. The summed E-state index contributed by atoms with van der Waals surface area (Å²) in [5.74, 6) is 1.62. The van der Waals surface area contributed by atoms with Gasteiger partial charge in [-0.1, -0.05) is 13.8 Å². The molecule has 2 aliphatic rings. The SMILES string of the molecule is CC(C)[C@H]1[C@@H]2CC[C@@H](C2)[C@H]1C(=O)O. The number of carbonyl (C=O) groups is 1. The average molecular weight is 182 g/mol. The van der Waals surface area contributed by atoms with Crippen LogP contribution in [-0.2, 0) is 4.79 Å². The van der Waals surface area contributed by atoms with Crippen molar-refractivity contribution < 1.29 is 9.90 Å². The summed E-state index contributed by atoms with van der Waals surface area (Å²) in [7, 11) is 0. The molecule has 0 aromatic carbocycles. The summed E-state index contributed by atoms with van der Waals surface area (Å²) in [5, 5.41) is 9.15. The molecule has 0 aromatic rings. The van der Waals surface area contributed by atoms with Gasteiger partial charge in [-0.25, -0.2) is 0 Å². The Kier molecular flexibility index (Phi) is 2.09. The highest BCUT2D eigenvalue weighted by Gasteiger charge is 2.51. The molecule has 0 aromatic heterocycles. The summed E-state index contributed by atoms with van der Waals surface area (Å²) >= 11 is 0. The maximum absolute atomic E-state index is 11.1. The van der Waals surface area contributed by atoms with Crippen LogP contribution in [0, 0.1) is 29.6 Å². The van der Waals surface area contributed by atoms with Crippen LogP contribution in [-0.4, -0.2) is 11.1 Å². The van der Waals surface area contributed by atoms with Crippen molar-refractivity contribution in [3.63, 3.8) is 0 Å². The lowest BCUT2D eigenvalue weighted by Crippen LogP contribution is -2.32. The van der Waals surface area contributed by atoms with Crippen LogP contribution in [0.5, 0.6) is 0 Å². The van der Waals surface area contributed by atoms with E-state index in [1.54, 1.807) is 0 Å². The predicted octanol–water partition coefficient (Wildman–Crippen LogP) is 2.39. The van der Waals surface area contributed by atoms with E-state index in [0.717, 1.165) is 6.42 Å². The molecule has 0 amide bonds. The molecule has 0 saturated heterocycles. The average Bonchev–Trinajstić information content (AvgIpc) is 2.60. The van der Waals surface area contributed by atoms with Crippen LogP contribution in [0.25, 0.3) is 0 Å². The van der Waals surface area contributed by atoms with Gasteiger partial charge in [0.1, 0.15) is 0 Å².